The SMILES string of the molecule is O=S(=O)([O-])c1ccccc1.c1c[n+](C23CC4CC(CC(C4)C2)C3)ccc1N1CCCCCC1. The summed E-state index contributed by atoms with van der Waals surface area (Å²) in [7, 11) is -4.25. The first-order valence-corrected chi connectivity index (χ1v) is 14.1. The highest BCUT2D eigenvalue weighted by molar-refractivity contribution is 7.85. The van der Waals surface area contributed by atoms with Gasteiger partial charge in [0.2, 0.25) is 0 Å². The largest absolute Gasteiger partial charge is 0.744 e. The van der Waals surface area contributed by atoms with Crippen LogP contribution < -0.4 is 9.47 Å². The zero-order valence-corrected chi connectivity index (χ0v) is 20.3. The van der Waals surface area contributed by atoms with Gasteiger partial charge in [0.1, 0.15) is 10.1 Å². The van der Waals surface area contributed by atoms with Crippen molar-refractivity contribution in [3.05, 3.63) is 54.9 Å². The van der Waals surface area contributed by atoms with Crippen LogP contribution in [0.5, 0.6) is 0 Å². The molecular formula is C27H36N2O3S. The normalized spacial score (nSPS) is 30.9. The van der Waals surface area contributed by atoms with Crippen LogP contribution in [0.1, 0.15) is 64.2 Å². The standard InChI is InChI=1S/C21H31N2.C6H6O3S/c1-2-4-8-22(7-3-1)20-5-9-23(10-6-20)21-14-17-11-18(15-21)13-19(12-17)16-21;7-10(8,9)6-4-2-1-3-5-6/h5-6,9-10,17-19H,1-4,7-8,11-16H2;1-5H,(H,7,8,9)/q+1;/p-1. The van der Waals surface area contributed by atoms with Gasteiger partial charge in [-0.25, -0.2) is 8.42 Å². The van der Waals surface area contributed by atoms with Gasteiger partial charge in [-0.2, -0.15) is 4.57 Å². The lowest BCUT2D eigenvalue weighted by atomic mass is 9.53. The van der Waals surface area contributed by atoms with Gasteiger partial charge < -0.3 is 9.45 Å². The topological polar surface area (TPSA) is 64.3 Å². The third-order valence-electron chi connectivity index (χ3n) is 8.37. The highest BCUT2D eigenvalue weighted by Gasteiger charge is 2.56. The monoisotopic (exact) mass is 468 g/mol. The predicted molar refractivity (Wildman–Crippen MR) is 128 cm³/mol. The summed E-state index contributed by atoms with van der Waals surface area (Å²) >= 11 is 0. The Morgan fingerprint density at radius 3 is 1.76 bits per heavy atom. The second-order valence-corrected chi connectivity index (χ2v) is 12.2. The number of rotatable bonds is 3. The molecule has 33 heavy (non-hydrogen) atoms. The summed E-state index contributed by atoms with van der Waals surface area (Å²) in [5, 5.41) is 0. The Bertz CT molecular complexity index is 994. The number of anilines is 1. The van der Waals surface area contributed by atoms with Crippen molar-refractivity contribution in [2.45, 2.75) is 74.6 Å². The smallest absolute Gasteiger partial charge is 0.171 e. The van der Waals surface area contributed by atoms with Crippen molar-refractivity contribution < 1.29 is 17.5 Å². The average Bonchev–Trinajstić information content (AvgIpc) is 3.09. The van der Waals surface area contributed by atoms with Gasteiger partial charge in [0.05, 0.1) is 4.90 Å². The minimum atomic E-state index is -4.25. The molecule has 4 bridgehead atoms. The minimum absolute atomic E-state index is 0.185. The van der Waals surface area contributed by atoms with Crippen molar-refractivity contribution in [3.63, 3.8) is 0 Å². The maximum Gasteiger partial charge on any atom is 0.171 e. The number of pyridine rings is 1. The highest BCUT2D eigenvalue weighted by atomic mass is 32.2. The molecule has 0 N–H and O–H groups in total. The molecule has 1 saturated heterocycles. The quantitative estimate of drug-likeness (QED) is 0.476. The molecule has 0 unspecified atom stereocenters. The summed E-state index contributed by atoms with van der Waals surface area (Å²) in [6.45, 7) is 2.50. The van der Waals surface area contributed by atoms with Gasteiger partial charge >= 0.3 is 0 Å². The number of aromatic nitrogens is 1. The van der Waals surface area contributed by atoms with Crippen molar-refractivity contribution in [2.75, 3.05) is 18.0 Å². The Hall–Kier alpha value is -1.92. The Balaban J connectivity index is 0.000000193. The van der Waals surface area contributed by atoms with E-state index in [-0.39, 0.29) is 4.90 Å². The van der Waals surface area contributed by atoms with E-state index in [2.05, 4.69) is 34.0 Å². The van der Waals surface area contributed by atoms with E-state index >= 15 is 0 Å². The first kappa shape index (κ1) is 22.9. The lowest BCUT2D eigenvalue weighted by molar-refractivity contribution is -0.776. The van der Waals surface area contributed by atoms with Crippen LogP contribution in [0, 0.1) is 17.8 Å². The van der Waals surface area contributed by atoms with Crippen molar-refractivity contribution in [1.29, 1.82) is 0 Å². The van der Waals surface area contributed by atoms with Crippen LogP contribution >= 0.6 is 0 Å². The summed E-state index contributed by atoms with van der Waals surface area (Å²) in [5.74, 6) is 3.08. The molecule has 178 valence electrons. The second-order valence-electron chi connectivity index (χ2n) is 10.8. The van der Waals surface area contributed by atoms with Gasteiger partial charge in [-0.1, -0.05) is 31.0 Å². The van der Waals surface area contributed by atoms with E-state index in [9.17, 15) is 13.0 Å². The van der Waals surface area contributed by atoms with Crippen LogP contribution in [0.15, 0.2) is 59.8 Å². The van der Waals surface area contributed by atoms with Crippen LogP contribution in [-0.4, -0.2) is 26.1 Å². The van der Waals surface area contributed by atoms with E-state index in [0.29, 0.717) is 5.54 Å². The van der Waals surface area contributed by atoms with E-state index in [1.54, 1.807) is 6.07 Å². The molecule has 7 rings (SSSR count). The molecule has 1 aromatic carbocycles. The molecule has 5 fully saturated rings. The summed E-state index contributed by atoms with van der Waals surface area (Å²) in [6.07, 6.45) is 19.4. The lowest BCUT2D eigenvalue weighted by Crippen LogP contribution is -2.64. The van der Waals surface area contributed by atoms with Gasteiger partial charge in [-0.15, -0.1) is 0 Å². The van der Waals surface area contributed by atoms with Crippen LogP contribution in [-0.2, 0) is 15.7 Å². The Labute approximate surface area is 198 Å². The summed E-state index contributed by atoms with van der Waals surface area (Å²) in [6, 6.07) is 12.0. The fourth-order valence-electron chi connectivity index (χ4n) is 7.24. The zero-order chi connectivity index (χ0) is 22.9. The molecule has 0 spiro atoms. The molecule has 6 heteroatoms. The third-order valence-corrected chi connectivity index (χ3v) is 9.22. The first-order valence-electron chi connectivity index (χ1n) is 12.7. The number of hydrogen-bond acceptors (Lipinski definition) is 4. The molecule has 1 aromatic heterocycles. The van der Waals surface area contributed by atoms with E-state index < -0.39 is 10.1 Å². The molecule has 4 aliphatic carbocycles. The van der Waals surface area contributed by atoms with Crippen LogP contribution in [0.4, 0.5) is 5.69 Å². The molecule has 0 atom stereocenters. The van der Waals surface area contributed by atoms with E-state index in [1.165, 1.54) is 107 Å². The van der Waals surface area contributed by atoms with E-state index in [4.69, 9.17) is 0 Å². The fraction of sp³-hybridized carbons (Fsp3) is 0.593. The number of benzene rings is 1. The van der Waals surface area contributed by atoms with E-state index in [1.807, 2.05) is 0 Å². The van der Waals surface area contributed by atoms with Crippen LogP contribution in [0.2, 0.25) is 0 Å². The van der Waals surface area contributed by atoms with Gasteiger partial charge in [0.15, 0.2) is 17.9 Å². The summed E-state index contributed by atoms with van der Waals surface area (Å²) < 4.78 is 33.5. The maximum absolute atomic E-state index is 10.3. The second kappa shape index (κ2) is 9.38. The average molecular weight is 469 g/mol. The van der Waals surface area contributed by atoms with Crippen molar-refractivity contribution in [3.8, 4) is 0 Å². The molecule has 5 nitrogen and oxygen atoms in total. The minimum Gasteiger partial charge on any atom is -0.744 e. The van der Waals surface area contributed by atoms with Gasteiger partial charge in [0, 0.05) is 50.2 Å². The maximum atomic E-state index is 10.3. The van der Waals surface area contributed by atoms with Gasteiger partial charge in [-0.05, 0) is 62.0 Å². The van der Waals surface area contributed by atoms with E-state index in [0.717, 1.165) is 17.8 Å². The first-order chi connectivity index (χ1) is 15.9. The van der Waals surface area contributed by atoms with Crippen molar-refractivity contribution in [1.82, 2.24) is 0 Å². The van der Waals surface area contributed by atoms with Crippen LogP contribution in [0.25, 0.3) is 0 Å². The van der Waals surface area contributed by atoms with Crippen molar-refractivity contribution >= 4 is 15.8 Å². The van der Waals surface area contributed by atoms with Crippen LogP contribution in [0.3, 0.4) is 0 Å². The molecule has 0 amide bonds. The number of hydrogen-bond donors (Lipinski definition) is 0. The Morgan fingerprint density at radius 2 is 1.30 bits per heavy atom. The molecular weight excluding hydrogens is 432 g/mol. The predicted octanol–water partition coefficient (Wildman–Crippen LogP) is 4.87. The Morgan fingerprint density at radius 1 is 0.788 bits per heavy atom. The summed E-state index contributed by atoms with van der Waals surface area (Å²) in [4.78, 5) is 2.42. The fourth-order valence-corrected chi connectivity index (χ4v) is 7.73. The summed E-state index contributed by atoms with van der Waals surface area (Å²) in [5.41, 5.74) is 1.93. The highest BCUT2D eigenvalue weighted by Crippen LogP contribution is 2.56. The molecule has 5 aliphatic rings. The molecule has 2 aromatic rings. The Kier molecular flexibility index (Phi) is 6.49. The molecule has 0 radical (unpaired) electrons. The van der Waals surface area contributed by atoms with Gasteiger partial charge in [0.25, 0.3) is 0 Å². The number of nitrogens with zero attached hydrogens (tertiary/aromatic N) is 2. The zero-order valence-electron chi connectivity index (χ0n) is 19.4. The van der Waals surface area contributed by atoms with Gasteiger partial charge in [-0.3, -0.25) is 0 Å². The molecule has 1 aliphatic heterocycles. The molecule has 4 saturated carbocycles. The van der Waals surface area contributed by atoms with Crippen molar-refractivity contribution in [2.24, 2.45) is 17.8 Å². The third kappa shape index (κ3) is 5.12. The lowest BCUT2D eigenvalue weighted by Gasteiger charge is -2.53. The molecule has 2 heterocycles.